The van der Waals surface area contributed by atoms with Crippen LogP contribution >= 0.6 is 11.3 Å². The summed E-state index contributed by atoms with van der Waals surface area (Å²) in [6.45, 7) is 0. The van der Waals surface area contributed by atoms with Crippen molar-refractivity contribution in [1.82, 2.24) is 9.66 Å². The predicted molar refractivity (Wildman–Crippen MR) is 107 cm³/mol. The number of pyridine rings is 1. The number of rotatable bonds is 4. The number of thiazole rings is 1. The second kappa shape index (κ2) is 8.39. The molecule has 0 atom stereocenters. The molecule has 0 spiro atoms. The Morgan fingerprint density at radius 1 is 1.04 bits per heavy atom. The highest BCUT2D eigenvalue weighted by atomic mass is 32.1. The summed E-state index contributed by atoms with van der Waals surface area (Å²) in [7, 11) is 0. The predicted octanol–water partition coefficient (Wildman–Crippen LogP) is 4.87. The van der Waals surface area contributed by atoms with Crippen LogP contribution in [0.1, 0.15) is 37.7 Å². The maximum Gasteiger partial charge on any atom is 0.206 e. The molecule has 6 heteroatoms. The van der Waals surface area contributed by atoms with Crippen molar-refractivity contribution in [2.24, 2.45) is 10.1 Å². The number of hydrogen-bond donors (Lipinski definition) is 0. The highest BCUT2D eigenvalue weighted by Gasteiger charge is 2.14. The second-order valence-electron chi connectivity index (χ2n) is 6.67. The van der Waals surface area contributed by atoms with E-state index in [1.165, 1.54) is 31.4 Å². The molecule has 1 saturated carbocycles. The molecule has 0 radical (unpaired) electrons. The van der Waals surface area contributed by atoms with Gasteiger partial charge in [0.15, 0.2) is 0 Å². The SMILES string of the molecule is Fc1ccc(-c2csc(=NC3CCCCC3)n2N=Cc2ccncc2)cc1. The van der Waals surface area contributed by atoms with Crippen molar-refractivity contribution in [1.29, 1.82) is 0 Å². The van der Waals surface area contributed by atoms with Gasteiger partial charge in [-0.1, -0.05) is 19.3 Å². The Bertz CT molecular complexity index is 967. The van der Waals surface area contributed by atoms with E-state index in [4.69, 9.17) is 4.99 Å². The van der Waals surface area contributed by atoms with Crippen molar-refractivity contribution in [3.05, 3.63) is 70.4 Å². The van der Waals surface area contributed by atoms with Crippen LogP contribution in [0.4, 0.5) is 4.39 Å². The van der Waals surface area contributed by atoms with Crippen LogP contribution in [0, 0.1) is 5.82 Å². The molecule has 1 fully saturated rings. The molecule has 1 aliphatic rings. The Kier molecular flexibility index (Phi) is 5.53. The third-order valence-corrected chi connectivity index (χ3v) is 5.55. The first-order valence-corrected chi connectivity index (χ1v) is 10.1. The zero-order valence-corrected chi connectivity index (χ0v) is 15.8. The Morgan fingerprint density at radius 3 is 2.52 bits per heavy atom. The Balaban J connectivity index is 1.76. The molecule has 2 heterocycles. The van der Waals surface area contributed by atoms with Gasteiger partial charge in [0.1, 0.15) is 5.82 Å². The fourth-order valence-electron chi connectivity index (χ4n) is 3.26. The fourth-order valence-corrected chi connectivity index (χ4v) is 4.17. The molecular formula is C21H21FN4S. The number of hydrogen-bond acceptors (Lipinski definition) is 4. The third kappa shape index (κ3) is 4.39. The second-order valence-corrected chi connectivity index (χ2v) is 7.50. The van der Waals surface area contributed by atoms with Crippen molar-refractivity contribution in [3.63, 3.8) is 0 Å². The summed E-state index contributed by atoms with van der Waals surface area (Å²) in [4.78, 5) is 9.89. The Labute approximate surface area is 161 Å². The minimum atomic E-state index is -0.243. The molecule has 4 rings (SSSR count). The number of nitrogens with zero attached hydrogens (tertiary/aromatic N) is 4. The molecule has 0 unspecified atom stereocenters. The molecule has 3 aromatic rings. The van der Waals surface area contributed by atoms with Crippen molar-refractivity contribution in [3.8, 4) is 11.3 Å². The van der Waals surface area contributed by atoms with Gasteiger partial charge in [-0.15, -0.1) is 11.3 Å². The molecule has 2 aromatic heterocycles. The van der Waals surface area contributed by atoms with Crippen LogP contribution in [0.25, 0.3) is 11.3 Å². The van der Waals surface area contributed by atoms with E-state index in [1.807, 2.05) is 22.2 Å². The van der Waals surface area contributed by atoms with Crippen molar-refractivity contribution >= 4 is 17.6 Å². The van der Waals surface area contributed by atoms with Gasteiger partial charge in [0.25, 0.3) is 0 Å². The van der Waals surface area contributed by atoms with E-state index in [-0.39, 0.29) is 5.82 Å². The molecule has 27 heavy (non-hydrogen) atoms. The highest BCUT2D eigenvalue weighted by molar-refractivity contribution is 7.07. The third-order valence-electron chi connectivity index (χ3n) is 4.72. The van der Waals surface area contributed by atoms with E-state index >= 15 is 0 Å². The molecule has 138 valence electrons. The van der Waals surface area contributed by atoms with Crippen LogP contribution in [0.3, 0.4) is 0 Å². The van der Waals surface area contributed by atoms with Crippen LogP contribution < -0.4 is 4.80 Å². The summed E-state index contributed by atoms with van der Waals surface area (Å²) in [6, 6.07) is 10.7. The van der Waals surface area contributed by atoms with E-state index in [2.05, 4.69) is 10.1 Å². The summed E-state index contributed by atoms with van der Waals surface area (Å²) < 4.78 is 15.2. The number of halogens is 1. The summed E-state index contributed by atoms with van der Waals surface area (Å²) in [5, 5.41) is 6.73. The van der Waals surface area contributed by atoms with Gasteiger partial charge in [-0.2, -0.15) is 5.10 Å². The molecule has 0 amide bonds. The van der Waals surface area contributed by atoms with Crippen molar-refractivity contribution in [2.45, 2.75) is 38.1 Å². The smallest absolute Gasteiger partial charge is 0.206 e. The molecular weight excluding hydrogens is 359 g/mol. The molecule has 0 bridgehead atoms. The van der Waals surface area contributed by atoms with Crippen LogP contribution in [-0.4, -0.2) is 21.9 Å². The summed E-state index contributed by atoms with van der Waals surface area (Å²) in [5.74, 6) is -0.243. The molecule has 0 aliphatic heterocycles. The molecule has 1 aromatic carbocycles. The summed E-state index contributed by atoms with van der Waals surface area (Å²) in [6.07, 6.45) is 11.4. The number of aromatic nitrogens is 2. The lowest BCUT2D eigenvalue weighted by Gasteiger charge is -2.16. The van der Waals surface area contributed by atoms with E-state index in [1.54, 1.807) is 42.1 Å². The average molecular weight is 380 g/mol. The maximum absolute atomic E-state index is 13.3. The van der Waals surface area contributed by atoms with Gasteiger partial charge in [-0.05, 0) is 54.8 Å². The van der Waals surface area contributed by atoms with Gasteiger partial charge >= 0.3 is 0 Å². The first-order valence-electron chi connectivity index (χ1n) is 9.24. The standard InChI is InChI=1S/C21H21FN4S/c22-18-8-6-17(7-9-18)20-15-27-21(25-19-4-2-1-3-5-19)26(20)24-14-16-10-12-23-13-11-16/h6-15,19H,1-5H2. The average Bonchev–Trinajstić information content (AvgIpc) is 3.11. The lowest BCUT2D eigenvalue weighted by atomic mass is 9.96. The first kappa shape index (κ1) is 17.8. The van der Waals surface area contributed by atoms with Gasteiger partial charge in [-0.25, -0.2) is 9.07 Å². The van der Waals surface area contributed by atoms with E-state index < -0.39 is 0 Å². The Morgan fingerprint density at radius 2 is 1.78 bits per heavy atom. The highest BCUT2D eigenvalue weighted by Crippen LogP contribution is 2.23. The van der Waals surface area contributed by atoms with E-state index in [0.29, 0.717) is 6.04 Å². The zero-order chi connectivity index (χ0) is 18.5. The fraction of sp³-hybridized carbons (Fsp3) is 0.286. The first-order chi connectivity index (χ1) is 13.3. The minimum Gasteiger partial charge on any atom is -0.265 e. The normalized spacial score (nSPS) is 16.3. The lowest BCUT2D eigenvalue weighted by Crippen LogP contribution is -2.19. The number of benzene rings is 1. The topological polar surface area (TPSA) is 42.5 Å². The Hall–Kier alpha value is -2.60. The van der Waals surface area contributed by atoms with Crippen LogP contribution in [0.5, 0.6) is 0 Å². The van der Waals surface area contributed by atoms with Gasteiger partial charge in [0.05, 0.1) is 18.0 Å². The van der Waals surface area contributed by atoms with Crippen LogP contribution in [-0.2, 0) is 0 Å². The van der Waals surface area contributed by atoms with E-state index in [9.17, 15) is 4.39 Å². The molecule has 4 nitrogen and oxygen atoms in total. The zero-order valence-electron chi connectivity index (χ0n) is 15.0. The minimum absolute atomic E-state index is 0.243. The monoisotopic (exact) mass is 380 g/mol. The van der Waals surface area contributed by atoms with Gasteiger partial charge < -0.3 is 0 Å². The molecule has 0 N–H and O–H groups in total. The van der Waals surface area contributed by atoms with Crippen LogP contribution in [0.15, 0.2) is 64.3 Å². The van der Waals surface area contributed by atoms with Crippen molar-refractivity contribution < 1.29 is 4.39 Å². The quantitative estimate of drug-likeness (QED) is 0.596. The molecule has 0 saturated heterocycles. The van der Waals surface area contributed by atoms with Crippen LogP contribution in [0.2, 0.25) is 0 Å². The van der Waals surface area contributed by atoms with Gasteiger partial charge in [-0.3, -0.25) is 9.98 Å². The summed E-state index contributed by atoms with van der Waals surface area (Å²) in [5.41, 5.74) is 2.81. The maximum atomic E-state index is 13.3. The molecule has 1 aliphatic carbocycles. The van der Waals surface area contributed by atoms with E-state index in [0.717, 1.165) is 34.5 Å². The summed E-state index contributed by atoms with van der Waals surface area (Å²) >= 11 is 1.58. The lowest BCUT2D eigenvalue weighted by molar-refractivity contribution is 0.435. The van der Waals surface area contributed by atoms with Gasteiger partial charge in [0, 0.05) is 23.3 Å². The van der Waals surface area contributed by atoms with Crippen molar-refractivity contribution in [2.75, 3.05) is 0 Å². The van der Waals surface area contributed by atoms with Gasteiger partial charge in [0.2, 0.25) is 4.80 Å². The largest absolute Gasteiger partial charge is 0.265 e.